The summed E-state index contributed by atoms with van der Waals surface area (Å²) in [5, 5.41) is 2.43. The number of hydrogen-bond acceptors (Lipinski definition) is 5. The lowest BCUT2D eigenvalue weighted by Crippen LogP contribution is -2.11. The zero-order valence-electron chi connectivity index (χ0n) is 8.85. The molecule has 0 aliphatic carbocycles. The highest BCUT2D eigenvalue weighted by Gasteiger charge is 2.05. The van der Waals surface area contributed by atoms with Crippen molar-refractivity contribution in [2.75, 3.05) is 19.5 Å². The van der Waals surface area contributed by atoms with Crippen LogP contribution in [0.2, 0.25) is 0 Å². The minimum atomic E-state index is -0.824. The molecule has 16 heavy (non-hydrogen) atoms. The van der Waals surface area contributed by atoms with E-state index in [1.54, 1.807) is 18.2 Å². The second-order valence-corrected chi connectivity index (χ2v) is 2.70. The number of anilines is 1. The van der Waals surface area contributed by atoms with Crippen LogP contribution in [0.4, 0.5) is 15.3 Å². The van der Waals surface area contributed by atoms with Crippen LogP contribution >= 0.6 is 0 Å². The molecule has 0 radical (unpaired) electrons. The number of carbonyl (C=O) groups excluding carboxylic acids is 2. The summed E-state index contributed by atoms with van der Waals surface area (Å²) in [6.45, 7) is 0. The Balaban J connectivity index is 2.71. The van der Waals surface area contributed by atoms with E-state index in [4.69, 9.17) is 4.74 Å². The topological polar surface area (TPSA) is 73.9 Å². The van der Waals surface area contributed by atoms with Gasteiger partial charge in [-0.3, -0.25) is 5.32 Å². The van der Waals surface area contributed by atoms with Gasteiger partial charge in [0.2, 0.25) is 0 Å². The summed E-state index contributed by atoms with van der Waals surface area (Å²) in [5.74, 6) is 0.265. The van der Waals surface area contributed by atoms with Crippen molar-refractivity contribution in [3.63, 3.8) is 0 Å². The van der Waals surface area contributed by atoms with E-state index in [1.807, 2.05) is 0 Å². The van der Waals surface area contributed by atoms with Gasteiger partial charge in [0.25, 0.3) is 0 Å². The third kappa shape index (κ3) is 3.49. The maximum atomic E-state index is 10.9. The first kappa shape index (κ1) is 11.8. The molecule has 1 aromatic rings. The normalized spacial score (nSPS) is 9.12. The molecule has 6 nitrogen and oxygen atoms in total. The molecule has 1 N–H and O–H groups in total. The van der Waals surface area contributed by atoms with E-state index >= 15 is 0 Å². The van der Waals surface area contributed by atoms with Crippen molar-refractivity contribution in [2.24, 2.45) is 0 Å². The lowest BCUT2D eigenvalue weighted by Gasteiger charge is -2.06. The molecule has 6 heteroatoms. The molecule has 0 heterocycles. The maximum absolute atomic E-state index is 10.9. The summed E-state index contributed by atoms with van der Waals surface area (Å²) < 4.78 is 13.5. The predicted octanol–water partition coefficient (Wildman–Crippen LogP) is 2.01. The third-order valence-electron chi connectivity index (χ3n) is 1.63. The number of benzene rings is 1. The fraction of sp³-hybridized carbons (Fsp3) is 0.200. The third-order valence-corrected chi connectivity index (χ3v) is 1.63. The van der Waals surface area contributed by atoms with E-state index in [1.165, 1.54) is 20.3 Å². The van der Waals surface area contributed by atoms with Gasteiger partial charge in [0.1, 0.15) is 5.75 Å². The minimum absolute atomic E-state index is 0.265. The molecule has 1 rings (SSSR count). The van der Waals surface area contributed by atoms with E-state index in [0.717, 1.165) is 0 Å². The van der Waals surface area contributed by atoms with Crippen LogP contribution in [0.15, 0.2) is 24.3 Å². The molecule has 0 unspecified atom stereocenters. The quantitative estimate of drug-likeness (QED) is 0.615. The van der Waals surface area contributed by atoms with Gasteiger partial charge < -0.3 is 14.2 Å². The molecule has 0 aliphatic rings. The van der Waals surface area contributed by atoms with Gasteiger partial charge in [-0.25, -0.2) is 9.59 Å². The van der Waals surface area contributed by atoms with Crippen molar-refractivity contribution < 1.29 is 23.8 Å². The molecule has 0 saturated heterocycles. The molecule has 0 spiro atoms. The second-order valence-electron chi connectivity index (χ2n) is 2.70. The van der Waals surface area contributed by atoms with Crippen molar-refractivity contribution in [1.29, 1.82) is 0 Å². The minimum Gasteiger partial charge on any atom is -0.453 e. The van der Waals surface area contributed by atoms with E-state index in [2.05, 4.69) is 14.8 Å². The van der Waals surface area contributed by atoms with Gasteiger partial charge in [0.05, 0.1) is 14.2 Å². The molecular formula is C10H11NO5. The van der Waals surface area contributed by atoms with E-state index in [9.17, 15) is 9.59 Å². The van der Waals surface area contributed by atoms with Crippen molar-refractivity contribution in [2.45, 2.75) is 0 Å². The van der Waals surface area contributed by atoms with Crippen LogP contribution in [0.3, 0.4) is 0 Å². The average molecular weight is 225 g/mol. The van der Waals surface area contributed by atoms with Crippen molar-refractivity contribution >= 4 is 17.9 Å². The number of amides is 1. The SMILES string of the molecule is COC(=O)Nc1cccc(OC(=O)OC)c1. The Kier molecular flexibility index (Phi) is 4.14. The van der Waals surface area contributed by atoms with Gasteiger partial charge >= 0.3 is 12.2 Å². The lowest BCUT2D eigenvalue weighted by atomic mass is 10.3. The summed E-state index contributed by atoms with van der Waals surface area (Å²) in [6.07, 6.45) is -1.43. The number of nitrogens with one attached hydrogen (secondary N) is 1. The van der Waals surface area contributed by atoms with Crippen LogP contribution in [0.5, 0.6) is 5.75 Å². The smallest absolute Gasteiger partial charge is 0.453 e. The highest BCUT2D eigenvalue weighted by molar-refractivity contribution is 5.84. The molecule has 0 saturated carbocycles. The van der Waals surface area contributed by atoms with Gasteiger partial charge in [0.15, 0.2) is 0 Å². The number of hydrogen-bond donors (Lipinski definition) is 1. The van der Waals surface area contributed by atoms with Gasteiger partial charge in [-0.2, -0.15) is 0 Å². The largest absolute Gasteiger partial charge is 0.513 e. The lowest BCUT2D eigenvalue weighted by molar-refractivity contribution is 0.121. The fourth-order valence-electron chi connectivity index (χ4n) is 0.944. The van der Waals surface area contributed by atoms with E-state index in [-0.39, 0.29) is 5.75 Å². The van der Waals surface area contributed by atoms with Crippen molar-refractivity contribution in [1.82, 2.24) is 0 Å². The Morgan fingerprint density at radius 3 is 2.56 bits per heavy atom. The fourth-order valence-corrected chi connectivity index (χ4v) is 0.944. The number of ether oxygens (including phenoxy) is 3. The van der Waals surface area contributed by atoms with Crippen LogP contribution in [0.25, 0.3) is 0 Å². The van der Waals surface area contributed by atoms with Crippen molar-refractivity contribution in [3.8, 4) is 5.75 Å². The second kappa shape index (κ2) is 5.59. The molecule has 1 aromatic carbocycles. The molecule has 0 fully saturated rings. The van der Waals surface area contributed by atoms with E-state index < -0.39 is 12.2 Å². The molecule has 0 atom stereocenters. The number of rotatable bonds is 2. The molecular weight excluding hydrogens is 214 g/mol. The summed E-state index contributed by atoms with van der Waals surface area (Å²) >= 11 is 0. The first-order valence-corrected chi connectivity index (χ1v) is 4.36. The van der Waals surface area contributed by atoms with Crippen LogP contribution < -0.4 is 10.1 Å². The van der Waals surface area contributed by atoms with Gasteiger partial charge in [-0.05, 0) is 12.1 Å². The Morgan fingerprint density at radius 2 is 1.94 bits per heavy atom. The van der Waals surface area contributed by atoms with Gasteiger partial charge in [-0.15, -0.1) is 0 Å². The predicted molar refractivity (Wildman–Crippen MR) is 55.5 cm³/mol. The highest BCUT2D eigenvalue weighted by atomic mass is 16.7. The number of carbonyl (C=O) groups is 2. The van der Waals surface area contributed by atoms with Crippen LogP contribution in [-0.4, -0.2) is 26.5 Å². The molecule has 1 amide bonds. The summed E-state index contributed by atoms with van der Waals surface area (Å²) in [6, 6.07) is 6.26. The summed E-state index contributed by atoms with van der Waals surface area (Å²) in [7, 11) is 2.46. The Morgan fingerprint density at radius 1 is 1.19 bits per heavy atom. The molecule has 86 valence electrons. The monoisotopic (exact) mass is 225 g/mol. The van der Waals surface area contributed by atoms with Crippen LogP contribution in [0.1, 0.15) is 0 Å². The van der Waals surface area contributed by atoms with E-state index in [0.29, 0.717) is 5.69 Å². The Hall–Kier alpha value is -2.24. The summed E-state index contributed by atoms with van der Waals surface area (Å²) in [4.78, 5) is 21.7. The van der Waals surface area contributed by atoms with Gasteiger partial charge in [0, 0.05) is 11.8 Å². The Bertz CT molecular complexity index is 357. The zero-order chi connectivity index (χ0) is 12.0. The first-order chi connectivity index (χ1) is 7.65. The standard InChI is InChI=1S/C10H11NO5/c1-14-9(12)11-7-4-3-5-8(6-7)16-10(13)15-2/h3-6H,1-2H3,(H,11,12). The first-order valence-electron chi connectivity index (χ1n) is 4.36. The zero-order valence-corrected chi connectivity index (χ0v) is 8.85. The molecule has 0 bridgehead atoms. The molecule has 0 aromatic heterocycles. The Labute approximate surface area is 92.1 Å². The van der Waals surface area contributed by atoms with Crippen LogP contribution in [0, 0.1) is 0 Å². The summed E-state index contributed by atoms with van der Waals surface area (Å²) in [5.41, 5.74) is 0.452. The average Bonchev–Trinajstić information content (AvgIpc) is 2.29. The maximum Gasteiger partial charge on any atom is 0.513 e. The molecule has 0 aliphatic heterocycles. The number of methoxy groups -OCH3 is 2. The highest BCUT2D eigenvalue weighted by Crippen LogP contribution is 2.17. The van der Waals surface area contributed by atoms with Crippen molar-refractivity contribution in [3.05, 3.63) is 24.3 Å². The van der Waals surface area contributed by atoms with Gasteiger partial charge in [-0.1, -0.05) is 6.07 Å². The van der Waals surface area contributed by atoms with Crippen LogP contribution in [-0.2, 0) is 9.47 Å².